The van der Waals surface area contributed by atoms with E-state index in [1.54, 1.807) is 10.8 Å². The van der Waals surface area contributed by atoms with Crippen LogP contribution in [-0.4, -0.2) is 22.6 Å². The van der Waals surface area contributed by atoms with Crippen molar-refractivity contribution in [3.05, 3.63) is 105 Å². The van der Waals surface area contributed by atoms with Crippen LogP contribution in [0, 0.1) is 0 Å². The van der Waals surface area contributed by atoms with E-state index in [0.717, 1.165) is 26.9 Å². The Labute approximate surface area is 194 Å². The Hall–Kier alpha value is -3.97. The van der Waals surface area contributed by atoms with Crippen LogP contribution < -0.4 is 15.6 Å². The zero-order valence-corrected chi connectivity index (χ0v) is 18.8. The van der Waals surface area contributed by atoms with Crippen molar-refractivity contribution in [1.82, 2.24) is 14.9 Å². The van der Waals surface area contributed by atoms with Crippen LogP contribution in [0.25, 0.3) is 21.0 Å². The average molecular weight is 456 g/mol. The first-order chi connectivity index (χ1) is 16.2. The molecule has 0 aliphatic rings. The van der Waals surface area contributed by atoms with Crippen molar-refractivity contribution >= 4 is 38.2 Å². The minimum Gasteiger partial charge on any atom is -0.494 e. The Morgan fingerprint density at radius 2 is 1.79 bits per heavy atom. The zero-order chi connectivity index (χ0) is 22.8. The predicted molar refractivity (Wildman–Crippen MR) is 131 cm³/mol. The van der Waals surface area contributed by atoms with Crippen molar-refractivity contribution in [2.24, 2.45) is 0 Å². The SMILES string of the molecule is COc1c(C(=O)NCc2ccccc2)sc2c1c(=O)n(Cc1ccccn1)c1ccccc21. The summed E-state index contributed by atoms with van der Waals surface area (Å²) in [4.78, 5) is 31.5. The first-order valence-corrected chi connectivity index (χ1v) is 11.3. The lowest BCUT2D eigenvalue weighted by atomic mass is 10.1. The molecule has 1 amide bonds. The number of pyridine rings is 2. The van der Waals surface area contributed by atoms with Crippen LogP contribution in [0.2, 0.25) is 0 Å². The second kappa shape index (κ2) is 8.88. The Balaban J connectivity index is 1.64. The summed E-state index contributed by atoms with van der Waals surface area (Å²) in [5.41, 5.74) is 2.36. The monoisotopic (exact) mass is 455 g/mol. The van der Waals surface area contributed by atoms with Gasteiger partial charge < -0.3 is 14.6 Å². The lowest BCUT2D eigenvalue weighted by Gasteiger charge is -2.11. The maximum atomic E-state index is 13.7. The van der Waals surface area contributed by atoms with Crippen LogP contribution in [0.5, 0.6) is 5.75 Å². The number of carbonyl (C=O) groups is 1. The average Bonchev–Trinajstić information content (AvgIpc) is 3.26. The molecule has 0 unspecified atom stereocenters. The number of ether oxygens (including phenoxy) is 1. The van der Waals surface area contributed by atoms with Gasteiger partial charge in [-0.05, 0) is 23.8 Å². The van der Waals surface area contributed by atoms with Gasteiger partial charge in [-0.3, -0.25) is 14.6 Å². The Morgan fingerprint density at radius 1 is 1.03 bits per heavy atom. The summed E-state index contributed by atoms with van der Waals surface area (Å²) in [6.45, 7) is 0.715. The van der Waals surface area contributed by atoms with E-state index in [0.29, 0.717) is 29.1 Å². The summed E-state index contributed by atoms with van der Waals surface area (Å²) >= 11 is 1.28. The highest BCUT2D eigenvalue weighted by Crippen LogP contribution is 2.39. The molecule has 0 bridgehead atoms. The molecule has 0 aliphatic heterocycles. The number of nitrogens with one attached hydrogen (secondary N) is 1. The van der Waals surface area contributed by atoms with Crippen LogP contribution >= 0.6 is 11.3 Å². The molecule has 0 saturated heterocycles. The quantitative estimate of drug-likeness (QED) is 0.406. The summed E-state index contributed by atoms with van der Waals surface area (Å²) in [5.74, 6) is 0.0442. The molecule has 0 atom stereocenters. The van der Waals surface area contributed by atoms with E-state index >= 15 is 0 Å². The van der Waals surface area contributed by atoms with Gasteiger partial charge in [0.15, 0.2) is 5.75 Å². The van der Waals surface area contributed by atoms with E-state index in [-0.39, 0.29) is 11.5 Å². The minimum absolute atomic E-state index is 0.204. The molecule has 0 spiro atoms. The molecular formula is C26H21N3O3S. The lowest BCUT2D eigenvalue weighted by molar-refractivity contribution is 0.0952. The summed E-state index contributed by atoms with van der Waals surface area (Å²) in [5, 5.41) is 4.26. The van der Waals surface area contributed by atoms with Gasteiger partial charge in [0.1, 0.15) is 10.3 Å². The van der Waals surface area contributed by atoms with Gasteiger partial charge in [-0.25, -0.2) is 0 Å². The molecule has 7 heteroatoms. The number of benzene rings is 2. The smallest absolute Gasteiger partial charge is 0.265 e. The van der Waals surface area contributed by atoms with Crippen molar-refractivity contribution in [2.75, 3.05) is 7.11 Å². The fraction of sp³-hybridized carbons (Fsp3) is 0.115. The first kappa shape index (κ1) is 20.9. The molecule has 33 heavy (non-hydrogen) atoms. The number of para-hydroxylation sites is 1. The molecule has 5 aromatic rings. The van der Waals surface area contributed by atoms with Crippen LogP contribution in [-0.2, 0) is 13.1 Å². The molecule has 3 heterocycles. The molecule has 164 valence electrons. The largest absolute Gasteiger partial charge is 0.494 e. The Kier molecular flexibility index (Phi) is 5.62. The number of amides is 1. The summed E-state index contributed by atoms with van der Waals surface area (Å²) in [7, 11) is 1.49. The van der Waals surface area contributed by atoms with Crippen molar-refractivity contribution in [1.29, 1.82) is 0 Å². The van der Waals surface area contributed by atoms with E-state index in [1.165, 1.54) is 18.4 Å². The first-order valence-electron chi connectivity index (χ1n) is 10.5. The third-order valence-corrected chi connectivity index (χ3v) is 6.72. The topological polar surface area (TPSA) is 73.2 Å². The van der Waals surface area contributed by atoms with Crippen molar-refractivity contribution in [2.45, 2.75) is 13.1 Å². The number of methoxy groups -OCH3 is 1. The molecule has 1 N–H and O–H groups in total. The maximum Gasteiger partial charge on any atom is 0.265 e. The van der Waals surface area contributed by atoms with Crippen LogP contribution in [0.3, 0.4) is 0 Å². The third kappa shape index (κ3) is 3.87. The molecule has 3 aromatic heterocycles. The summed E-state index contributed by atoms with van der Waals surface area (Å²) in [6.07, 6.45) is 1.71. The van der Waals surface area contributed by atoms with Gasteiger partial charge >= 0.3 is 0 Å². The Morgan fingerprint density at radius 3 is 2.55 bits per heavy atom. The number of hydrogen-bond donors (Lipinski definition) is 1. The van der Waals surface area contributed by atoms with Gasteiger partial charge in [-0.15, -0.1) is 11.3 Å². The van der Waals surface area contributed by atoms with E-state index in [4.69, 9.17) is 4.74 Å². The van der Waals surface area contributed by atoms with Crippen LogP contribution in [0.1, 0.15) is 20.9 Å². The van der Waals surface area contributed by atoms with Crippen LogP contribution in [0.15, 0.2) is 83.8 Å². The van der Waals surface area contributed by atoms with Crippen molar-refractivity contribution in [3.8, 4) is 5.75 Å². The van der Waals surface area contributed by atoms with E-state index in [9.17, 15) is 9.59 Å². The maximum absolute atomic E-state index is 13.7. The number of thiophene rings is 1. The van der Waals surface area contributed by atoms with Gasteiger partial charge in [0.05, 0.1) is 29.6 Å². The van der Waals surface area contributed by atoms with Gasteiger partial charge in [0, 0.05) is 18.1 Å². The minimum atomic E-state index is -0.267. The molecule has 0 aliphatic carbocycles. The number of rotatable bonds is 6. The lowest BCUT2D eigenvalue weighted by Crippen LogP contribution is -2.23. The van der Waals surface area contributed by atoms with Crippen molar-refractivity contribution in [3.63, 3.8) is 0 Å². The molecule has 0 saturated carbocycles. The second-order valence-corrected chi connectivity index (χ2v) is 8.59. The fourth-order valence-electron chi connectivity index (χ4n) is 3.96. The highest BCUT2D eigenvalue weighted by Gasteiger charge is 2.25. The fourth-order valence-corrected chi connectivity index (χ4v) is 5.17. The molecular weight excluding hydrogens is 434 g/mol. The Bertz CT molecular complexity index is 1510. The highest BCUT2D eigenvalue weighted by molar-refractivity contribution is 7.22. The van der Waals surface area contributed by atoms with Gasteiger partial charge in [0.2, 0.25) is 0 Å². The molecule has 2 aromatic carbocycles. The van der Waals surface area contributed by atoms with Crippen LogP contribution in [0.4, 0.5) is 0 Å². The highest BCUT2D eigenvalue weighted by atomic mass is 32.1. The van der Waals surface area contributed by atoms with E-state index in [1.807, 2.05) is 72.8 Å². The number of fused-ring (bicyclic) bond motifs is 3. The number of carbonyl (C=O) groups excluding carboxylic acids is 1. The van der Waals surface area contributed by atoms with Gasteiger partial charge in [-0.2, -0.15) is 0 Å². The second-order valence-electron chi connectivity index (χ2n) is 7.57. The number of hydrogen-bond acceptors (Lipinski definition) is 5. The van der Waals surface area contributed by atoms with E-state index in [2.05, 4.69) is 10.3 Å². The number of aromatic nitrogens is 2. The van der Waals surface area contributed by atoms with Gasteiger partial charge in [0.25, 0.3) is 11.5 Å². The standard InChI is InChI=1S/C26H21N3O3S/c1-32-22-21-23(33-24(22)25(30)28-15-17-9-3-2-4-10-17)19-12-5-6-13-20(19)29(26(21)31)16-18-11-7-8-14-27-18/h2-14H,15-16H2,1H3,(H,28,30). The van der Waals surface area contributed by atoms with Crippen molar-refractivity contribution < 1.29 is 9.53 Å². The molecule has 5 rings (SSSR count). The molecule has 0 fully saturated rings. The number of nitrogens with zero attached hydrogens (tertiary/aromatic N) is 2. The molecule has 0 radical (unpaired) electrons. The molecule has 6 nitrogen and oxygen atoms in total. The zero-order valence-electron chi connectivity index (χ0n) is 17.9. The summed E-state index contributed by atoms with van der Waals surface area (Å²) in [6, 6.07) is 23.0. The normalized spacial score (nSPS) is 11.1. The third-order valence-electron chi connectivity index (χ3n) is 5.52. The predicted octanol–water partition coefficient (Wildman–Crippen LogP) is 4.60. The summed E-state index contributed by atoms with van der Waals surface area (Å²) < 4.78 is 8.07. The van der Waals surface area contributed by atoms with E-state index < -0.39 is 0 Å². The van der Waals surface area contributed by atoms with Gasteiger partial charge in [-0.1, -0.05) is 54.6 Å².